The SMILES string of the molecule is c1ccc(-c2nc(-c3ccc(-n4c5ccccc5c5cc6ccc7c(sc8ccc9ccccc9c87)c6cc54)cc3)c3c(n2)sc2ccccc23)cc1. The van der Waals surface area contributed by atoms with Gasteiger partial charge in [-0.25, -0.2) is 9.97 Å². The Morgan fingerprint density at radius 2 is 1.17 bits per heavy atom. The quantitative estimate of drug-likeness (QED) is 0.183. The van der Waals surface area contributed by atoms with Crippen molar-refractivity contribution in [1.29, 1.82) is 0 Å². The van der Waals surface area contributed by atoms with Crippen LogP contribution in [0.3, 0.4) is 0 Å². The predicted octanol–water partition coefficient (Wildman–Crippen LogP) is 13.9. The van der Waals surface area contributed by atoms with Crippen LogP contribution in [-0.4, -0.2) is 14.5 Å². The number of hydrogen-bond acceptors (Lipinski definition) is 4. The molecule has 0 amide bonds. The molecule has 12 rings (SSSR count). The molecule has 3 nitrogen and oxygen atoms in total. The molecule has 5 heteroatoms. The summed E-state index contributed by atoms with van der Waals surface area (Å²) in [6.07, 6.45) is 0. The largest absolute Gasteiger partial charge is 0.309 e. The van der Waals surface area contributed by atoms with Crippen molar-refractivity contribution in [3.63, 3.8) is 0 Å². The first-order valence-electron chi connectivity index (χ1n) is 17.8. The Hall–Kier alpha value is -6.40. The van der Waals surface area contributed by atoms with Crippen molar-refractivity contribution < 1.29 is 0 Å². The fourth-order valence-electron chi connectivity index (χ4n) is 8.39. The lowest BCUT2D eigenvalue weighted by Crippen LogP contribution is -1.96. The summed E-state index contributed by atoms with van der Waals surface area (Å²) in [4.78, 5) is 11.3. The summed E-state index contributed by atoms with van der Waals surface area (Å²) in [5, 5.41) is 12.7. The van der Waals surface area contributed by atoms with Crippen molar-refractivity contribution in [2.24, 2.45) is 0 Å². The fourth-order valence-corrected chi connectivity index (χ4v) is 10.7. The monoisotopic (exact) mass is 709 g/mol. The highest BCUT2D eigenvalue weighted by atomic mass is 32.1. The highest BCUT2D eigenvalue weighted by Gasteiger charge is 2.19. The zero-order valence-corrected chi connectivity index (χ0v) is 29.9. The van der Waals surface area contributed by atoms with Gasteiger partial charge in [0.05, 0.1) is 16.7 Å². The number of hydrogen-bond donors (Lipinski definition) is 0. The van der Waals surface area contributed by atoms with Crippen LogP contribution in [-0.2, 0) is 0 Å². The molecular formula is C48H27N3S2. The molecule has 246 valence electrons. The normalized spacial score (nSPS) is 12.2. The predicted molar refractivity (Wildman–Crippen MR) is 228 cm³/mol. The van der Waals surface area contributed by atoms with Gasteiger partial charge in [-0.05, 0) is 58.6 Å². The average Bonchev–Trinajstić information content (AvgIpc) is 3.90. The van der Waals surface area contributed by atoms with Crippen LogP contribution in [0.4, 0.5) is 0 Å². The smallest absolute Gasteiger partial charge is 0.161 e. The molecule has 0 atom stereocenters. The molecule has 0 radical (unpaired) electrons. The molecular weight excluding hydrogens is 683 g/mol. The minimum atomic E-state index is 0.749. The lowest BCUT2D eigenvalue weighted by molar-refractivity contribution is 1.18. The van der Waals surface area contributed by atoms with Crippen molar-refractivity contribution in [3.8, 4) is 28.3 Å². The van der Waals surface area contributed by atoms with Gasteiger partial charge in [0.15, 0.2) is 5.82 Å². The number of thiophene rings is 2. The minimum absolute atomic E-state index is 0.749. The topological polar surface area (TPSA) is 30.7 Å². The Kier molecular flexibility index (Phi) is 6.09. The van der Waals surface area contributed by atoms with E-state index in [1.54, 1.807) is 11.3 Å². The van der Waals surface area contributed by atoms with E-state index in [4.69, 9.17) is 9.97 Å². The number of fused-ring (bicyclic) bond motifs is 13. The Balaban J connectivity index is 1.08. The van der Waals surface area contributed by atoms with Gasteiger partial charge in [-0.15, -0.1) is 22.7 Å². The van der Waals surface area contributed by atoms with Gasteiger partial charge in [0, 0.05) is 68.6 Å². The van der Waals surface area contributed by atoms with Gasteiger partial charge in [-0.2, -0.15) is 0 Å². The molecule has 0 bridgehead atoms. The van der Waals surface area contributed by atoms with Crippen LogP contribution in [0, 0.1) is 0 Å². The van der Waals surface area contributed by atoms with E-state index in [-0.39, 0.29) is 0 Å². The maximum Gasteiger partial charge on any atom is 0.161 e. The first-order chi connectivity index (χ1) is 26.3. The number of aromatic nitrogens is 3. The maximum absolute atomic E-state index is 5.25. The van der Waals surface area contributed by atoms with E-state index in [9.17, 15) is 0 Å². The van der Waals surface area contributed by atoms with Crippen molar-refractivity contribution in [2.45, 2.75) is 0 Å². The third-order valence-corrected chi connectivity index (χ3v) is 13.1. The highest BCUT2D eigenvalue weighted by Crippen LogP contribution is 2.44. The number of para-hydroxylation sites is 1. The van der Waals surface area contributed by atoms with Crippen LogP contribution in [0.15, 0.2) is 164 Å². The van der Waals surface area contributed by atoms with E-state index in [0.717, 1.165) is 38.5 Å². The molecule has 0 saturated heterocycles. The van der Waals surface area contributed by atoms with Crippen molar-refractivity contribution >= 4 is 106 Å². The second-order valence-corrected chi connectivity index (χ2v) is 15.8. The molecule has 4 aromatic heterocycles. The molecule has 0 aliphatic heterocycles. The van der Waals surface area contributed by atoms with E-state index in [2.05, 4.69) is 150 Å². The Bertz CT molecular complexity index is 3440. The maximum atomic E-state index is 5.25. The van der Waals surface area contributed by atoms with Gasteiger partial charge < -0.3 is 4.57 Å². The lowest BCUT2D eigenvalue weighted by Gasteiger charge is -2.11. The molecule has 12 aromatic rings. The fraction of sp³-hybridized carbons (Fsp3) is 0. The molecule has 53 heavy (non-hydrogen) atoms. The van der Waals surface area contributed by atoms with Gasteiger partial charge in [0.2, 0.25) is 0 Å². The van der Waals surface area contributed by atoms with Gasteiger partial charge in [-0.1, -0.05) is 121 Å². The highest BCUT2D eigenvalue weighted by molar-refractivity contribution is 7.27. The van der Waals surface area contributed by atoms with Gasteiger partial charge in [0.25, 0.3) is 0 Å². The second-order valence-electron chi connectivity index (χ2n) is 13.7. The molecule has 0 N–H and O–H groups in total. The summed E-state index contributed by atoms with van der Waals surface area (Å²) in [5.74, 6) is 0.749. The molecule has 0 aliphatic carbocycles. The Morgan fingerprint density at radius 3 is 2.06 bits per heavy atom. The summed E-state index contributed by atoms with van der Waals surface area (Å²) < 4.78 is 6.32. The Morgan fingerprint density at radius 1 is 0.415 bits per heavy atom. The number of nitrogens with zero attached hydrogens (tertiary/aromatic N) is 3. The van der Waals surface area contributed by atoms with Gasteiger partial charge >= 0.3 is 0 Å². The molecule has 0 unspecified atom stereocenters. The van der Waals surface area contributed by atoms with Crippen molar-refractivity contribution in [3.05, 3.63) is 164 Å². The Labute approximate surface area is 311 Å². The molecule has 4 heterocycles. The third kappa shape index (κ3) is 4.26. The summed E-state index contributed by atoms with van der Waals surface area (Å²) in [7, 11) is 0. The molecule has 8 aromatic carbocycles. The van der Waals surface area contributed by atoms with Gasteiger partial charge in [-0.3, -0.25) is 0 Å². The molecule has 0 fully saturated rings. The van der Waals surface area contributed by atoms with E-state index >= 15 is 0 Å². The standard InChI is InChI=1S/C48H27N3S2/c1-2-11-30(12-3-1)47-49-45(44-35-15-7-9-17-41(35)53-48(44)50-47)29-18-22-32(23-19-29)51-39-16-8-6-14-34(39)38-26-31-20-24-36-43-33-13-5-4-10-28(33)21-25-42(43)52-46(36)37(31)27-40(38)51/h1-27H. The molecule has 0 aliphatic rings. The number of benzene rings is 8. The summed E-state index contributed by atoms with van der Waals surface area (Å²) in [6.45, 7) is 0. The van der Waals surface area contributed by atoms with Crippen LogP contribution in [0.1, 0.15) is 0 Å². The van der Waals surface area contributed by atoms with Crippen LogP contribution < -0.4 is 0 Å². The van der Waals surface area contributed by atoms with Crippen LogP contribution in [0.2, 0.25) is 0 Å². The van der Waals surface area contributed by atoms with Crippen molar-refractivity contribution in [1.82, 2.24) is 14.5 Å². The first kappa shape index (κ1) is 29.2. The van der Waals surface area contributed by atoms with E-state index in [1.807, 2.05) is 29.5 Å². The number of rotatable bonds is 3. The average molecular weight is 710 g/mol. The van der Waals surface area contributed by atoms with E-state index in [0.29, 0.717) is 0 Å². The first-order valence-corrected chi connectivity index (χ1v) is 19.5. The van der Waals surface area contributed by atoms with Gasteiger partial charge in [0.1, 0.15) is 4.83 Å². The molecule has 0 saturated carbocycles. The minimum Gasteiger partial charge on any atom is -0.309 e. The van der Waals surface area contributed by atoms with E-state index in [1.165, 1.54) is 73.6 Å². The second kappa shape index (κ2) is 11.1. The van der Waals surface area contributed by atoms with Crippen LogP contribution >= 0.6 is 22.7 Å². The summed E-state index contributed by atoms with van der Waals surface area (Å²) in [6, 6.07) is 59.4. The van der Waals surface area contributed by atoms with Crippen LogP contribution in [0.5, 0.6) is 0 Å². The van der Waals surface area contributed by atoms with E-state index < -0.39 is 0 Å². The lowest BCUT2D eigenvalue weighted by atomic mass is 10.0. The zero-order chi connectivity index (χ0) is 34.6. The van der Waals surface area contributed by atoms with Crippen LogP contribution in [0.25, 0.3) is 112 Å². The summed E-state index contributed by atoms with van der Waals surface area (Å²) in [5.41, 5.74) is 6.59. The summed E-state index contributed by atoms with van der Waals surface area (Å²) >= 11 is 3.64. The molecule has 0 spiro atoms. The third-order valence-electron chi connectivity index (χ3n) is 10.8. The zero-order valence-electron chi connectivity index (χ0n) is 28.2. The van der Waals surface area contributed by atoms with Crippen molar-refractivity contribution in [2.75, 3.05) is 0 Å².